The molecule has 4 amide bonds. The number of phenolic OH excluding ortho intramolecular Hbond substituents is 1. The minimum Gasteiger partial charge on any atom is -0.508 e. The molecule has 9 rings (SSSR count). The second-order valence-electron chi connectivity index (χ2n) is 19.6. The maximum Gasteiger partial charge on any atom is 2.00 e. The number of nitrogens with one attached hydrogen (secondary N) is 4. The molecule has 2 fully saturated rings. The fourth-order valence-corrected chi connectivity index (χ4v) is 10.0. The number of amides is 4. The third kappa shape index (κ3) is 22.1. The van der Waals surface area contributed by atoms with Gasteiger partial charge in [0.25, 0.3) is 0 Å². The fraction of sp³-hybridized carbons (Fsp3) is 0.443. The number of rotatable bonds is 12. The van der Waals surface area contributed by atoms with Crippen molar-refractivity contribution in [1.29, 1.82) is 0 Å². The Morgan fingerprint density at radius 1 is 0.714 bits per heavy atom. The van der Waals surface area contributed by atoms with Crippen LogP contribution in [-0.4, -0.2) is 79.1 Å². The van der Waals surface area contributed by atoms with Crippen molar-refractivity contribution in [2.45, 2.75) is 146 Å². The molecule has 4 atom stereocenters. The van der Waals surface area contributed by atoms with Crippen molar-refractivity contribution in [3.05, 3.63) is 151 Å². The zero-order chi connectivity index (χ0) is 52.7. The predicted octanol–water partition coefficient (Wildman–Crippen LogP) is 10.3. The van der Waals surface area contributed by atoms with E-state index < -0.39 is 42.0 Å². The molecule has 4 bridgehead atoms. The van der Waals surface area contributed by atoms with Crippen LogP contribution >= 0.6 is 11.6 Å². The van der Waals surface area contributed by atoms with Gasteiger partial charge in [0.1, 0.15) is 41.4 Å². The molecular formula is C61H79ClN4O10Ru. The summed E-state index contributed by atoms with van der Waals surface area (Å²) in [5, 5.41) is 22.0. The number of esters is 2. The van der Waals surface area contributed by atoms with Crippen LogP contribution in [0, 0.1) is 26.7 Å². The van der Waals surface area contributed by atoms with E-state index in [1.165, 1.54) is 39.5 Å². The van der Waals surface area contributed by atoms with Gasteiger partial charge in [-0.3, -0.25) is 19.2 Å². The monoisotopic (exact) mass is 1160 g/mol. The minimum absolute atomic E-state index is 0. The Morgan fingerprint density at radius 2 is 1.38 bits per heavy atom. The molecule has 0 spiro atoms. The molecule has 4 aromatic rings. The minimum atomic E-state index is -0.939. The second-order valence-corrected chi connectivity index (χ2v) is 20.0. The van der Waals surface area contributed by atoms with Crippen LogP contribution in [0.25, 0.3) is 0 Å². The molecule has 16 heteroatoms. The third-order valence-electron chi connectivity index (χ3n) is 14.0. The summed E-state index contributed by atoms with van der Waals surface area (Å²) in [6, 6.07) is 25.7. The average molecular weight is 1160 g/mol. The molecule has 2 heterocycles. The number of fused-ring (bicyclic) bond motifs is 10. The Bertz CT molecular complexity index is 2490. The summed E-state index contributed by atoms with van der Waals surface area (Å²) in [6.07, 6.45) is 20.3. The average Bonchev–Trinajstić information content (AvgIpc) is 4.02. The molecule has 0 radical (unpaired) electrons. The number of methoxy groups -OCH3 is 2. The quantitative estimate of drug-likeness (QED) is 0.0394. The number of benzene rings is 4. The Balaban J connectivity index is 0.000000358. The molecule has 0 saturated heterocycles. The molecular weight excluding hydrogens is 1090 g/mol. The molecule has 5 N–H and O–H groups in total. The van der Waals surface area contributed by atoms with E-state index in [-0.39, 0.29) is 95.3 Å². The van der Waals surface area contributed by atoms with Crippen molar-refractivity contribution in [3.63, 3.8) is 0 Å². The van der Waals surface area contributed by atoms with Crippen molar-refractivity contribution < 1.29 is 67.6 Å². The van der Waals surface area contributed by atoms with Crippen molar-refractivity contribution >= 4 is 47.2 Å². The van der Waals surface area contributed by atoms with Crippen molar-refractivity contribution in [2.75, 3.05) is 14.2 Å². The van der Waals surface area contributed by atoms with Crippen LogP contribution in [0.15, 0.2) is 109 Å². The Hall–Kier alpha value is -6.05. The van der Waals surface area contributed by atoms with E-state index in [9.17, 15) is 33.9 Å². The van der Waals surface area contributed by atoms with E-state index in [2.05, 4.69) is 33.4 Å². The number of carbonyl (C=O) groups excluding carboxylic acids is 6. The van der Waals surface area contributed by atoms with Crippen molar-refractivity contribution in [1.82, 2.24) is 21.3 Å². The van der Waals surface area contributed by atoms with E-state index in [4.69, 9.17) is 25.8 Å². The van der Waals surface area contributed by atoms with E-state index in [1.807, 2.05) is 60.7 Å². The first-order valence-electron chi connectivity index (χ1n) is 26.3. The van der Waals surface area contributed by atoms with Gasteiger partial charge in [0.15, 0.2) is 0 Å². The van der Waals surface area contributed by atoms with Crippen LogP contribution in [0.5, 0.6) is 17.2 Å². The number of halogens is 1. The standard InChI is InChI=1S/C27H33ClN2O5.C27H32N2O5.C5H8.2CH3.Ru/c1-35-27(34)23(17-19-6-5-9-22(31)16-19)29-26(33)25(20-7-3-2-4-8-20)30-24(32)15-12-18-10-13-21(28)14-11-18;1-33-27(32)23-17-19-6-5-9-22(16-19)34-21-13-10-18(11-14-21)12-15-24(30)29-25(26(31)28-23)20-7-3-2-4-8-20;1-2-4-5-3-1;;;/h5-6,9-11,13-14,16,20,23,25,31H,2-4,7-8,12,15,17H2,1H3,(H,29,33)(H,30,32);5-6,9-11,13-14,16,20,23,25H,2-4,7-8,12,15,17H2,1H3,(H,28,31)(H,29,30);1-2H,3-5H2;2*1H3;/q;;;2*-1;+2. The maximum absolute atomic E-state index is 13.4. The van der Waals surface area contributed by atoms with Gasteiger partial charge < -0.3 is 55.4 Å². The number of carbonyl (C=O) groups is 6. The first-order valence-corrected chi connectivity index (χ1v) is 26.6. The molecule has 418 valence electrons. The molecule has 2 aliphatic heterocycles. The zero-order valence-corrected chi connectivity index (χ0v) is 47.6. The van der Waals surface area contributed by atoms with Gasteiger partial charge in [-0.25, -0.2) is 9.59 Å². The third-order valence-corrected chi connectivity index (χ3v) is 14.2. The Labute approximate surface area is 474 Å². The van der Waals surface area contributed by atoms with Gasteiger partial charge in [-0.2, -0.15) is 0 Å². The largest absolute Gasteiger partial charge is 2.00 e. The SMILES string of the molecule is C1=CCCC1.COC(=O)C(Cc1cccc(O)c1)NC(=O)C(NC(=O)CCc1ccc(Cl)cc1)C1CCCCC1.COC(=O)C1Cc2cccc(c2)Oc2ccc(cc2)CCC(=O)NC(C2CCCCC2)C(=O)N1.[CH3-].[CH3-].[Ru+2]. The Morgan fingerprint density at radius 3 is 2.00 bits per heavy atom. The van der Waals surface area contributed by atoms with Crippen LogP contribution in [0.4, 0.5) is 0 Å². The molecule has 5 aliphatic rings. The van der Waals surface area contributed by atoms with E-state index in [0.717, 1.165) is 80.9 Å². The summed E-state index contributed by atoms with van der Waals surface area (Å²) in [5.74, 6) is -0.776. The van der Waals surface area contributed by atoms with Crippen LogP contribution < -0.4 is 26.0 Å². The smallest absolute Gasteiger partial charge is 0.508 e. The van der Waals surface area contributed by atoms with Gasteiger partial charge >= 0.3 is 31.4 Å². The van der Waals surface area contributed by atoms with Crippen LogP contribution in [-0.2, 0) is 83.4 Å². The maximum atomic E-state index is 13.4. The summed E-state index contributed by atoms with van der Waals surface area (Å²) >= 11 is 5.93. The van der Waals surface area contributed by atoms with Crippen LogP contribution in [0.1, 0.15) is 119 Å². The number of aryl methyl sites for hydroxylation is 2. The summed E-state index contributed by atoms with van der Waals surface area (Å²) in [5.41, 5.74) is 3.51. The summed E-state index contributed by atoms with van der Waals surface area (Å²) in [6.45, 7) is 0. The normalized spacial score (nSPS) is 18.2. The summed E-state index contributed by atoms with van der Waals surface area (Å²) in [7, 11) is 2.57. The second kappa shape index (κ2) is 34.7. The molecule has 0 aromatic heterocycles. The van der Waals surface area contributed by atoms with Crippen molar-refractivity contribution in [2.24, 2.45) is 11.8 Å². The number of ether oxygens (including phenoxy) is 3. The first-order chi connectivity index (χ1) is 35.9. The number of hydrogen-bond acceptors (Lipinski definition) is 10. The van der Waals surface area contributed by atoms with Gasteiger partial charge in [0.05, 0.1) is 14.2 Å². The van der Waals surface area contributed by atoms with E-state index in [1.54, 1.807) is 30.3 Å². The van der Waals surface area contributed by atoms with Gasteiger partial charge in [-0.15, -0.1) is 0 Å². The van der Waals surface area contributed by atoms with Gasteiger partial charge in [-0.1, -0.05) is 111 Å². The number of allylic oxidation sites excluding steroid dienone is 2. The number of aromatic hydroxyl groups is 1. The van der Waals surface area contributed by atoms with E-state index in [0.29, 0.717) is 34.9 Å². The number of hydrogen-bond donors (Lipinski definition) is 5. The molecule has 4 aromatic carbocycles. The molecule has 4 unspecified atom stereocenters. The topological polar surface area (TPSA) is 198 Å². The fourth-order valence-electron chi connectivity index (χ4n) is 9.92. The number of phenols is 1. The molecule has 2 saturated carbocycles. The van der Waals surface area contributed by atoms with Crippen LogP contribution in [0.2, 0.25) is 5.02 Å². The van der Waals surface area contributed by atoms with Crippen molar-refractivity contribution in [3.8, 4) is 17.2 Å². The Kier molecular flexibility index (Phi) is 29.4. The van der Waals surface area contributed by atoms with E-state index >= 15 is 0 Å². The van der Waals surface area contributed by atoms with Gasteiger partial charge in [-0.05, 0) is 140 Å². The molecule has 14 nitrogen and oxygen atoms in total. The van der Waals surface area contributed by atoms with Gasteiger partial charge in [0.2, 0.25) is 23.6 Å². The summed E-state index contributed by atoms with van der Waals surface area (Å²) < 4.78 is 15.9. The van der Waals surface area contributed by atoms with Crippen LogP contribution in [0.3, 0.4) is 0 Å². The summed E-state index contributed by atoms with van der Waals surface area (Å²) in [4.78, 5) is 77.4. The predicted molar refractivity (Wildman–Crippen MR) is 297 cm³/mol. The van der Waals surface area contributed by atoms with Gasteiger partial charge in [0, 0.05) is 30.7 Å². The zero-order valence-electron chi connectivity index (χ0n) is 45.1. The molecule has 77 heavy (non-hydrogen) atoms. The molecule has 3 aliphatic carbocycles. The first kappa shape index (κ1) is 65.2.